The molecule has 2 aromatic carbocycles. The van der Waals surface area contributed by atoms with Crippen LogP contribution in [0.15, 0.2) is 53.0 Å². The van der Waals surface area contributed by atoms with E-state index in [2.05, 4.69) is 50.7 Å². The van der Waals surface area contributed by atoms with Crippen molar-refractivity contribution in [3.05, 3.63) is 56.6 Å². The van der Waals surface area contributed by atoms with Crippen molar-refractivity contribution in [2.24, 2.45) is 0 Å². The minimum Gasteiger partial charge on any atom is -0.504 e. The number of halogens is 2. The van der Waals surface area contributed by atoms with Gasteiger partial charge in [-0.05, 0) is 59.0 Å². The standard InChI is InChI=1S/C7H8O2.C6H4BrI/c1-9-7-5-3-2-4-6(7)8;7-5-1-3-6(8)4-2-5/h2-5,8H,1H3;1-4H. The Kier molecular flexibility index (Phi) is 6.36. The Morgan fingerprint density at radius 3 is 2.06 bits per heavy atom. The molecule has 0 spiro atoms. The van der Waals surface area contributed by atoms with Crippen LogP contribution in [-0.2, 0) is 0 Å². The highest BCUT2D eigenvalue weighted by atomic mass is 127. The number of aromatic hydroxyl groups is 1. The summed E-state index contributed by atoms with van der Waals surface area (Å²) in [7, 11) is 1.52. The summed E-state index contributed by atoms with van der Waals surface area (Å²) >= 11 is 5.62. The molecule has 0 unspecified atom stereocenters. The number of rotatable bonds is 1. The van der Waals surface area contributed by atoms with Crippen LogP contribution in [0.4, 0.5) is 0 Å². The molecule has 0 fully saturated rings. The van der Waals surface area contributed by atoms with Gasteiger partial charge in [0.05, 0.1) is 7.11 Å². The van der Waals surface area contributed by atoms with Gasteiger partial charge < -0.3 is 9.84 Å². The molecule has 0 bridgehead atoms. The van der Waals surface area contributed by atoms with Crippen LogP contribution in [0.25, 0.3) is 0 Å². The van der Waals surface area contributed by atoms with Gasteiger partial charge in [0.25, 0.3) is 0 Å². The smallest absolute Gasteiger partial charge is 0.160 e. The minimum atomic E-state index is 0.181. The van der Waals surface area contributed by atoms with Crippen LogP contribution in [0, 0.1) is 3.57 Å². The van der Waals surface area contributed by atoms with E-state index in [0.29, 0.717) is 5.75 Å². The minimum absolute atomic E-state index is 0.181. The van der Waals surface area contributed by atoms with Gasteiger partial charge in [-0.2, -0.15) is 0 Å². The van der Waals surface area contributed by atoms with E-state index in [9.17, 15) is 0 Å². The fraction of sp³-hybridized carbons (Fsp3) is 0.0769. The fourth-order valence-electron chi connectivity index (χ4n) is 1.06. The van der Waals surface area contributed by atoms with Crippen molar-refractivity contribution in [1.82, 2.24) is 0 Å². The largest absolute Gasteiger partial charge is 0.504 e. The van der Waals surface area contributed by atoms with E-state index in [1.807, 2.05) is 12.1 Å². The number of phenolic OH excluding ortho intramolecular Hbond substituents is 1. The Hall–Kier alpha value is -0.750. The Bertz CT molecular complexity index is 436. The molecule has 0 heterocycles. The van der Waals surface area contributed by atoms with E-state index in [4.69, 9.17) is 9.84 Å². The van der Waals surface area contributed by atoms with E-state index in [-0.39, 0.29) is 5.75 Å². The van der Waals surface area contributed by atoms with Gasteiger partial charge in [0.1, 0.15) is 0 Å². The number of hydrogen-bond acceptors (Lipinski definition) is 2. The second kappa shape index (κ2) is 7.55. The molecule has 0 saturated carbocycles. The van der Waals surface area contributed by atoms with Crippen molar-refractivity contribution in [1.29, 1.82) is 0 Å². The zero-order valence-corrected chi connectivity index (χ0v) is 13.0. The van der Waals surface area contributed by atoms with E-state index >= 15 is 0 Å². The van der Waals surface area contributed by atoms with Gasteiger partial charge in [-0.25, -0.2) is 0 Å². The van der Waals surface area contributed by atoms with E-state index in [1.165, 1.54) is 10.7 Å². The highest BCUT2D eigenvalue weighted by Gasteiger charge is 1.94. The van der Waals surface area contributed by atoms with Crippen molar-refractivity contribution < 1.29 is 9.84 Å². The van der Waals surface area contributed by atoms with Gasteiger partial charge in [-0.15, -0.1) is 0 Å². The summed E-state index contributed by atoms with van der Waals surface area (Å²) < 4.78 is 7.20. The maximum absolute atomic E-state index is 8.99. The quantitative estimate of drug-likeness (QED) is 0.708. The highest BCUT2D eigenvalue weighted by molar-refractivity contribution is 14.1. The topological polar surface area (TPSA) is 29.5 Å². The van der Waals surface area contributed by atoms with E-state index in [1.54, 1.807) is 24.3 Å². The Morgan fingerprint density at radius 1 is 1.06 bits per heavy atom. The lowest BCUT2D eigenvalue weighted by atomic mass is 10.3. The van der Waals surface area contributed by atoms with Gasteiger partial charge in [-0.1, -0.05) is 28.1 Å². The second-order valence-corrected chi connectivity index (χ2v) is 5.27. The number of methoxy groups -OCH3 is 1. The Labute approximate surface area is 123 Å². The number of benzene rings is 2. The predicted octanol–water partition coefficient (Wildman–Crippen LogP) is 4.45. The first kappa shape index (κ1) is 14.3. The summed E-state index contributed by atoms with van der Waals surface area (Å²) in [6.07, 6.45) is 0. The zero-order chi connectivity index (χ0) is 12.7. The number of hydrogen-bond donors (Lipinski definition) is 1. The molecule has 90 valence electrons. The molecule has 0 atom stereocenters. The average Bonchev–Trinajstić information content (AvgIpc) is 2.34. The van der Waals surface area contributed by atoms with Crippen molar-refractivity contribution in [2.45, 2.75) is 0 Å². The summed E-state index contributed by atoms with van der Waals surface area (Å²) in [4.78, 5) is 0. The van der Waals surface area contributed by atoms with Crippen LogP contribution < -0.4 is 4.74 Å². The SMILES string of the molecule is Brc1ccc(I)cc1.COc1ccccc1O. The monoisotopic (exact) mass is 406 g/mol. The van der Waals surface area contributed by atoms with Gasteiger partial charge in [-0.3, -0.25) is 0 Å². The molecule has 4 heteroatoms. The first-order valence-electron chi connectivity index (χ1n) is 4.86. The van der Waals surface area contributed by atoms with E-state index < -0.39 is 0 Å². The normalized spacial score (nSPS) is 9.12. The number of ether oxygens (including phenoxy) is 1. The molecule has 0 amide bonds. The third-order valence-electron chi connectivity index (χ3n) is 1.89. The lowest BCUT2D eigenvalue weighted by Crippen LogP contribution is -1.80. The van der Waals surface area contributed by atoms with E-state index in [0.717, 1.165) is 4.47 Å². The van der Waals surface area contributed by atoms with Gasteiger partial charge >= 0.3 is 0 Å². The first-order valence-corrected chi connectivity index (χ1v) is 6.73. The molecule has 1 N–H and O–H groups in total. The molecule has 0 radical (unpaired) electrons. The Balaban J connectivity index is 0.000000171. The fourth-order valence-corrected chi connectivity index (χ4v) is 1.68. The van der Waals surface area contributed by atoms with Crippen LogP contribution in [0.3, 0.4) is 0 Å². The van der Waals surface area contributed by atoms with Crippen LogP contribution in [0.1, 0.15) is 0 Å². The van der Waals surface area contributed by atoms with Crippen molar-refractivity contribution >= 4 is 38.5 Å². The van der Waals surface area contributed by atoms with Crippen LogP contribution in [0.5, 0.6) is 11.5 Å². The number of para-hydroxylation sites is 2. The maximum Gasteiger partial charge on any atom is 0.160 e. The van der Waals surface area contributed by atoms with Gasteiger partial charge in [0.2, 0.25) is 0 Å². The summed E-state index contributed by atoms with van der Waals surface area (Å²) in [5.41, 5.74) is 0. The molecule has 0 aliphatic rings. The molecule has 0 saturated heterocycles. The summed E-state index contributed by atoms with van der Waals surface area (Å²) in [5, 5.41) is 8.99. The van der Waals surface area contributed by atoms with Crippen LogP contribution in [-0.4, -0.2) is 12.2 Å². The third-order valence-corrected chi connectivity index (χ3v) is 3.14. The maximum atomic E-state index is 8.99. The molecule has 0 aliphatic carbocycles. The highest BCUT2D eigenvalue weighted by Crippen LogP contribution is 2.23. The summed E-state index contributed by atoms with van der Waals surface area (Å²) in [6, 6.07) is 15.0. The molecule has 0 aromatic heterocycles. The molecule has 2 rings (SSSR count). The molecule has 2 aromatic rings. The molecular formula is C13H12BrIO2. The second-order valence-electron chi connectivity index (χ2n) is 3.11. The third kappa shape index (κ3) is 5.41. The molecule has 2 nitrogen and oxygen atoms in total. The van der Waals surface area contributed by atoms with Crippen LogP contribution in [0.2, 0.25) is 0 Å². The zero-order valence-electron chi connectivity index (χ0n) is 9.23. The predicted molar refractivity (Wildman–Crippen MR) is 81.5 cm³/mol. The van der Waals surface area contributed by atoms with Gasteiger partial charge in [0, 0.05) is 8.04 Å². The van der Waals surface area contributed by atoms with Crippen molar-refractivity contribution in [3.8, 4) is 11.5 Å². The average molecular weight is 407 g/mol. The van der Waals surface area contributed by atoms with Crippen molar-refractivity contribution in [2.75, 3.05) is 7.11 Å². The van der Waals surface area contributed by atoms with Crippen LogP contribution >= 0.6 is 38.5 Å². The lowest BCUT2D eigenvalue weighted by molar-refractivity contribution is 0.373. The van der Waals surface area contributed by atoms with Gasteiger partial charge in [0.15, 0.2) is 11.5 Å². The molecular weight excluding hydrogens is 395 g/mol. The first-order chi connectivity index (χ1) is 8.13. The lowest BCUT2D eigenvalue weighted by Gasteiger charge is -1.99. The number of phenols is 1. The molecule has 0 aliphatic heterocycles. The molecule has 17 heavy (non-hydrogen) atoms. The van der Waals surface area contributed by atoms with Crippen molar-refractivity contribution in [3.63, 3.8) is 0 Å². The summed E-state index contributed by atoms with van der Waals surface area (Å²) in [6.45, 7) is 0. The Morgan fingerprint density at radius 2 is 1.65 bits per heavy atom. The summed E-state index contributed by atoms with van der Waals surface area (Å²) in [5.74, 6) is 0.692.